The average molecular weight is 500 g/mol. The Morgan fingerprint density at radius 1 is 0.972 bits per heavy atom. The summed E-state index contributed by atoms with van der Waals surface area (Å²) >= 11 is 0. The molecule has 184 valence electrons. The maximum Gasteiger partial charge on any atom is 0.432 e. The van der Waals surface area contributed by atoms with E-state index in [2.05, 4.69) is 25.3 Å². The van der Waals surface area contributed by atoms with Gasteiger partial charge in [0.1, 0.15) is 22.9 Å². The predicted molar refractivity (Wildman–Crippen MR) is 122 cm³/mol. The second kappa shape index (κ2) is 8.95. The fourth-order valence-corrected chi connectivity index (χ4v) is 3.53. The van der Waals surface area contributed by atoms with Crippen molar-refractivity contribution in [3.8, 4) is 23.0 Å². The molecule has 0 aliphatic heterocycles. The third kappa shape index (κ3) is 4.69. The van der Waals surface area contributed by atoms with Gasteiger partial charge in [0.15, 0.2) is 5.82 Å². The molecule has 0 aliphatic rings. The largest absolute Gasteiger partial charge is 0.457 e. The van der Waals surface area contributed by atoms with Gasteiger partial charge in [0.05, 0.1) is 17.2 Å². The molecule has 0 unspecified atom stereocenters. The third-order valence-electron chi connectivity index (χ3n) is 5.36. The van der Waals surface area contributed by atoms with Crippen molar-refractivity contribution < 1.29 is 26.7 Å². The van der Waals surface area contributed by atoms with Gasteiger partial charge in [-0.25, -0.2) is 18.7 Å². The van der Waals surface area contributed by atoms with Crippen molar-refractivity contribution in [1.82, 2.24) is 24.5 Å². The summed E-state index contributed by atoms with van der Waals surface area (Å²) in [5.74, 6) is 1.25. The molecule has 0 bridgehead atoms. The van der Waals surface area contributed by atoms with Crippen LogP contribution in [0.5, 0.6) is 11.5 Å². The number of nitrogens with zero attached hydrogens (tertiary/aromatic N) is 4. The van der Waals surface area contributed by atoms with Crippen molar-refractivity contribution in [3.05, 3.63) is 78.2 Å². The molecule has 3 aromatic heterocycles. The number of imidazole rings is 2. The lowest BCUT2D eigenvalue weighted by Gasteiger charge is -2.07. The van der Waals surface area contributed by atoms with Crippen LogP contribution >= 0.6 is 0 Å². The SMILES string of the molecule is Cn1c(Nc2ccc(C(F)F)cc2)nc2cc(Oc3ccnc(-c4ncc(C(F)(F)F)[nH]4)c3)ccc21. The zero-order valence-electron chi connectivity index (χ0n) is 18.5. The van der Waals surface area contributed by atoms with Gasteiger partial charge in [-0.2, -0.15) is 13.2 Å². The highest BCUT2D eigenvalue weighted by atomic mass is 19.4. The van der Waals surface area contributed by atoms with Gasteiger partial charge in [-0.05, 0) is 30.3 Å². The first-order valence-electron chi connectivity index (χ1n) is 10.6. The number of rotatable bonds is 6. The van der Waals surface area contributed by atoms with Crippen LogP contribution < -0.4 is 10.1 Å². The molecular weight excluding hydrogens is 483 g/mol. The van der Waals surface area contributed by atoms with Gasteiger partial charge in [-0.3, -0.25) is 4.98 Å². The van der Waals surface area contributed by atoms with Crippen LogP contribution in [0, 0.1) is 0 Å². The maximum absolute atomic E-state index is 12.9. The Labute approximate surface area is 200 Å². The number of benzene rings is 2. The molecule has 0 fully saturated rings. The van der Waals surface area contributed by atoms with Gasteiger partial charge in [0.2, 0.25) is 5.95 Å². The zero-order chi connectivity index (χ0) is 25.4. The Bertz CT molecular complexity index is 1520. The Morgan fingerprint density at radius 2 is 1.72 bits per heavy atom. The summed E-state index contributed by atoms with van der Waals surface area (Å²) in [6.45, 7) is 0. The first-order chi connectivity index (χ1) is 17.2. The topological polar surface area (TPSA) is 80.7 Å². The number of halogens is 5. The Kier molecular flexibility index (Phi) is 5.78. The number of nitrogens with one attached hydrogen (secondary N) is 2. The summed E-state index contributed by atoms with van der Waals surface area (Å²) in [6.07, 6.45) is -4.97. The van der Waals surface area contributed by atoms with E-state index in [0.717, 1.165) is 5.52 Å². The van der Waals surface area contributed by atoms with Crippen LogP contribution in [0.4, 0.5) is 33.6 Å². The number of alkyl halides is 5. The molecule has 36 heavy (non-hydrogen) atoms. The van der Waals surface area contributed by atoms with Crippen molar-refractivity contribution in [3.63, 3.8) is 0 Å². The van der Waals surface area contributed by atoms with Crippen LogP contribution in [0.1, 0.15) is 17.7 Å². The summed E-state index contributed by atoms with van der Waals surface area (Å²) in [6, 6.07) is 14.0. The van der Waals surface area contributed by atoms with Crippen molar-refractivity contribution in [2.45, 2.75) is 12.6 Å². The molecule has 0 saturated heterocycles. The number of anilines is 2. The number of H-pyrrole nitrogens is 1. The lowest BCUT2D eigenvalue weighted by Crippen LogP contribution is -2.04. The highest BCUT2D eigenvalue weighted by Crippen LogP contribution is 2.31. The Balaban J connectivity index is 1.36. The van der Waals surface area contributed by atoms with Gasteiger partial charge in [-0.1, -0.05) is 12.1 Å². The van der Waals surface area contributed by atoms with Crippen molar-refractivity contribution >= 4 is 22.7 Å². The fraction of sp³-hybridized carbons (Fsp3) is 0.125. The van der Waals surface area contributed by atoms with E-state index < -0.39 is 18.3 Å². The number of fused-ring (bicyclic) bond motifs is 1. The first kappa shape index (κ1) is 23.3. The second-order valence-corrected chi connectivity index (χ2v) is 7.81. The lowest BCUT2D eigenvalue weighted by atomic mass is 10.2. The van der Waals surface area contributed by atoms with Gasteiger partial charge < -0.3 is 19.6 Å². The molecule has 0 radical (unpaired) electrons. The monoisotopic (exact) mass is 500 g/mol. The minimum Gasteiger partial charge on any atom is -0.457 e. The molecule has 3 heterocycles. The number of aryl methyl sites for hydroxylation is 1. The quantitative estimate of drug-likeness (QED) is 0.249. The fourth-order valence-electron chi connectivity index (χ4n) is 3.53. The van der Waals surface area contributed by atoms with E-state index >= 15 is 0 Å². The van der Waals surface area contributed by atoms with E-state index in [1.807, 2.05) is 0 Å². The van der Waals surface area contributed by atoms with Gasteiger partial charge in [0.25, 0.3) is 6.43 Å². The molecule has 0 saturated carbocycles. The van der Waals surface area contributed by atoms with E-state index in [1.165, 1.54) is 24.4 Å². The van der Waals surface area contributed by atoms with E-state index in [4.69, 9.17) is 4.74 Å². The summed E-state index contributed by atoms with van der Waals surface area (Å²) < 4.78 is 71.8. The summed E-state index contributed by atoms with van der Waals surface area (Å²) in [7, 11) is 1.80. The van der Waals surface area contributed by atoms with Crippen molar-refractivity contribution in [1.29, 1.82) is 0 Å². The maximum atomic E-state index is 12.9. The lowest BCUT2D eigenvalue weighted by molar-refractivity contribution is -0.140. The number of aromatic nitrogens is 5. The summed E-state index contributed by atoms with van der Waals surface area (Å²) in [5, 5.41) is 3.10. The van der Waals surface area contributed by atoms with Crippen LogP contribution in [0.3, 0.4) is 0 Å². The van der Waals surface area contributed by atoms with E-state index in [-0.39, 0.29) is 17.1 Å². The van der Waals surface area contributed by atoms with E-state index in [0.29, 0.717) is 34.8 Å². The Hall–Kier alpha value is -4.48. The third-order valence-corrected chi connectivity index (χ3v) is 5.36. The molecule has 0 spiro atoms. The smallest absolute Gasteiger partial charge is 0.432 e. The van der Waals surface area contributed by atoms with Gasteiger partial charge >= 0.3 is 6.18 Å². The average Bonchev–Trinajstić information content (AvgIpc) is 3.45. The van der Waals surface area contributed by atoms with E-state index in [1.54, 1.807) is 48.0 Å². The molecule has 0 amide bonds. The van der Waals surface area contributed by atoms with Crippen LogP contribution in [-0.4, -0.2) is 24.5 Å². The van der Waals surface area contributed by atoms with Crippen LogP contribution in [-0.2, 0) is 13.2 Å². The number of hydrogen-bond acceptors (Lipinski definition) is 5. The highest BCUT2D eigenvalue weighted by Gasteiger charge is 2.33. The predicted octanol–water partition coefficient (Wildman–Crippen LogP) is 6.85. The molecule has 0 aliphatic carbocycles. The van der Waals surface area contributed by atoms with Gasteiger partial charge in [-0.15, -0.1) is 0 Å². The summed E-state index contributed by atoms with van der Waals surface area (Å²) in [5.41, 5.74) is 1.15. The second-order valence-electron chi connectivity index (χ2n) is 7.81. The van der Waals surface area contributed by atoms with Crippen LogP contribution in [0.2, 0.25) is 0 Å². The van der Waals surface area contributed by atoms with E-state index in [9.17, 15) is 22.0 Å². The standard InChI is InChI=1S/C24H17F5N6O/c1-35-19-7-6-15(10-17(19)33-23(35)32-14-4-2-13(3-5-14)21(25)26)36-16-8-9-30-18(11-16)22-31-12-20(34-22)24(27,28)29/h2-12,21H,1H3,(H,31,34)(H,32,33). The van der Waals surface area contributed by atoms with Crippen molar-refractivity contribution in [2.75, 3.05) is 5.32 Å². The number of ether oxygens (including phenoxy) is 1. The molecule has 5 rings (SSSR count). The number of hydrogen-bond donors (Lipinski definition) is 2. The van der Waals surface area contributed by atoms with Gasteiger partial charge in [0, 0.05) is 36.6 Å². The summed E-state index contributed by atoms with van der Waals surface area (Å²) in [4.78, 5) is 14.6. The molecule has 2 N–H and O–H groups in total. The molecule has 2 aromatic carbocycles. The number of aromatic amines is 1. The minimum absolute atomic E-state index is 0.0368. The van der Waals surface area contributed by atoms with Crippen LogP contribution in [0.25, 0.3) is 22.6 Å². The van der Waals surface area contributed by atoms with Crippen molar-refractivity contribution in [2.24, 2.45) is 7.05 Å². The zero-order valence-corrected chi connectivity index (χ0v) is 18.5. The molecule has 7 nitrogen and oxygen atoms in total. The minimum atomic E-state index is -4.54. The normalized spacial score (nSPS) is 11.9. The molecule has 12 heteroatoms. The Morgan fingerprint density at radius 3 is 2.42 bits per heavy atom. The molecular formula is C24H17F5N6O. The molecule has 5 aromatic rings. The van der Waals surface area contributed by atoms with Crippen LogP contribution in [0.15, 0.2) is 67.0 Å². The highest BCUT2D eigenvalue weighted by molar-refractivity contribution is 5.81. The first-order valence-corrected chi connectivity index (χ1v) is 10.6. The number of pyridine rings is 1. The molecule has 0 atom stereocenters.